The summed E-state index contributed by atoms with van der Waals surface area (Å²) >= 11 is 1.54. The van der Waals surface area contributed by atoms with Gasteiger partial charge in [-0.25, -0.2) is 0 Å². The van der Waals surface area contributed by atoms with Crippen LogP contribution in [0.15, 0.2) is 30.3 Å². The molecule has 1 heterocycles. The Morgan fingerprint density at radius 2 is 1.90 bits per heavy atom. The Labute approximate surface area is 132 Å². The molecule has 0 aliphatic heterocycles. The van der Waals surface area contributed by atoms with Crippen LogP contribution in [0.25, 0.3) is 0 Å². The molecule has 4 heteroatoms. The quantitative estimate of drug-likeness (QED) is 0.872. The van der Waals surface area contributed by atoms with Crippen molar-refractivity contribution in [2.24, 2.45) is 0 Å². The van der Waals surface area contributed by atoms with Crippen LogP contribution in [0.2, 0.25) is 0 Å². The molecular weight excluding hydrogens is 278 g/mol. The maximum atomic E-state index is 4.37. The van der Waals surface area contributed by atoms with Crippen LogP contribution in [0, 0.1) is 0 Å². The first-order valence-electron chi connectivity index (χ1n) is 7.62. The molecule has 3 nitrogen and oxygen atoms in total. The molecule has 0 saturated heterocycles. The number of rotatable bonds is 6. The lowest BCUT2D eigenvalue weighted by molar-refractivity contribution is 0.494. The summed E-state index contributed by atoms with van der Waals surface area (Å²) < 4.78 is 4.20. The molecule has 0 aliphatic carbocycles. The first-order chi connectivity index (χ1) is 10.0. The van der Waals surface area contributed by atoms with Crippen molar-refractivity contribution in [3.05, 3.63) is 46.5 Å². The predicted octanol–water partition coefficient (Wildman–Crippen LogP) is 4.12. The van der Waals surface area contributed by atoms with Crippen molar-refractivity contribution < 1.29 is 0 Å². The SMILES string of the molecule is CCNC(CCc1ccccc1)c1snnc1C(C)(C)C. The van der Waals surface area contributed by atoms with E-state index in [1.807, 2.05) is 0 Å². The first kappa shape index (κ1) is 16.1. The molecule has 2 aromatic rings. The number of nitrogens with one attached hydrogen (secondary N) is 1. The van der Waals surface area contributed by atoms with Crippen molar-refractivity contribution in [1.29, 1.82) is 0 Å². The second-order valence-corrected chi connectivity index (χ2v) is 7.16. The summed E-state index contributed by atoms with van der Waals surface area (Å²) in [6.07, 6.45) is 2.14. The van der Waals surface area contributed by atoms with Crippen molar-refractivity contribution in [3.8, 4) is 0 Å². The molecule has 21 heavy (non-hydrogen) atoms. The Kier molecular flexibility index (Phi) is 5.48. The van der Waals surface area contributed by atoms with Gasteiger partial charge in [-0.3, -0.25) is 0 Å². The third-order valence-electron chi connectivity index (χ3n) is 3.56. The Morgan fingerprint density at radius 1 is 1.19 bits per heavy atom. The summed E-state index contributed by atoms with van der Waals surface area (Å²) in [6, 6.07) is 11.0. The maximum Gasteiger partial charge on any atom is 0.0857 e. The molecule has 2 rings (SSSR count). The highest BCUT2D eigenvalue weighted by Crippen LogP contribution is 2.32. The molecule has 0 bridgehead atoms. The third kappa shape index (κ3) is 4.35. The van der Waals surface area contributed by atoms with Gasteiger partial charge >= 0.3 is 0 Å². The molecule has 0 saturated carbocycles. The lowest BCUT2D eigenvalue weighted by atomic mass is 9.89. The van der Waals surface area contributed by atoms with E-state index in [4.69, 9.17) is 0 Å². The molecule has 1 aromatic carbocycles. The van der Waals surface area contributed by atoms with Crippen LogP contribution in [0.1, 0.15) is 56.3 Å². The van der Waals surface area contributed by atoms with Crippen molar-refractivity contribution in [2.75, 3.05) is 6.54 Å². The zero-order chi connectivity index (χ0) is 15.3. The van der Waals surface area contributed by atoms with Crippen molar-refractivity contribution in [1.82, 2.24) is 14.9 Å². The molecule has 0 spiro atoms. The Hall–Kier alpha value is -1.26. The topological polar surface area (TPSA) is 37.8 Å². The third-order valence-corrected chi connectivity index (χ3v) is 4.39. The monoisotopic (exact) mass is 303 g/mol. The normalized spacial score (nSPS) is 13.3. The van der Waals surface area contributed by atoms with Gasteiger partial charge in [-0.1, -0.05) is 62.5 Å². The number of hydrogen-bond acceptors (Lipinski definition) is 4. The van der Waals surface area contributed by atoms with Gasteiger partial charge in [0.15, 0.2) is 0 Å². The van der Waals surface area contributed by atoms with Gasteiger partial charge in [-0.2, -0.15) is 0 Å². The van der Waals surface area contributed by atoms with Crippen molar-refractivity contribution >= 4 is 11.5 Å². The van der Waals surface area contributed by atoms with Gasteiger partial charge in [0.25, 0.3) is 0 Å². The molecule has 0 radical (unpaired) electrons. The molecule has 0 amide bonds. The van der Waals surface area contributed by atoms with Gasteiger partial charge in [-0.05, 0) is 36.5 Å². The van der Waals surface area contributed by atoms with Crippen LogP contribution in [0.5, 0.6) is 0 Å². The minimum atomic E-state index is 0.0444. The van der Waals surface area contributed by atoms with Crippen molar-refractivity contribution in [3.63, 3.8) is 0 Å². The molecule has 1 aromatic heterocycles. The van der Waals surface area contributed by atoms with E-state index in [9.17, 15) is 0 Å². The fraction of sp³-hybridized carbons (Fsp3) is 0.529. The van der Waals surface area contributed by atoms with E-state index in [1.165, 1.54) is 22.0 Å². The molecule has 0 aliphatic rings. The minimum absolute atomic E-state index is 0.0444. The van der Waals surface area contributed by atoms with Crippen LogP contribution >= 0.6 is 11.5 Å². The van der Waals surface area contributed by atoms with E-state index in [0.717, 1.165) is 25.1 Å². The average Bonchev–Trinajstić information content (AvgIpc) is 2.94. The zero-order valence-corrected chi connectivity index (χ0v) is 14.2. The fourth-order valence-electron chi connectivity index (χ4n) is 2.47. The van der Waals surface area contributed by atoms with E-state index in [0.29, 0.717) is 6.04 Å². The van der Waals surface area contributed by atoms with E-state index in [-0.39, 0.29) is 5.41 Å². The predicted molar refractivity (Wildman–Crippen MR) is 89.8 cm³/mol. The van der Waals surface area contributed by atoms with E-state index in [1.54, 1.807) is 0 Å². The second-order valence-electron chi connectivity index (χ2n) is 6.37. The summed E-state index contributed by atoms with van der Waals surface area (Å²) in [4.78, 5) is 1.29. The van der Waals surface area contributed by atoms with E-state index >= 15 is 0 Å². The average molecular weight is 303 g/mol. The Balaban J connectivity index is 2.14. The van der Waals surface area contributed by atoms with Crippen LogP contribution in [-0.4, -0.2) is 16.1 Å². The maximum absolute atomic E-state index is 4.37. The lowest BCUT2D eigenvalue weighted by Crippen LogP contribution is -2.24. The standard InChI is InChI=1S/C17H25N3S/c1-5-18-14(12-11-13-9-7-6-8-10-13)15-16(17(2,3)4)19-20-21-15/h6-10,14,18H,5,11-12H2,1-4H3. The minimum Gasteiger partial charge on any atom is -0.309 e. The summed E-state index contributed by atoms with van der Waals surface area (Å²) in [7, 11) is 0. The number of aryl methyl sites for hydroxylation is 1. The lowest BCUT2D eigenvalue weighted by Gasteiger charge is -2.22. The summed E-state index contributed by atoms with van der Waals surface area (Å²) in [6.45, 7) is 9.72. The van der Waals surface area contributed by atoms with Crippen LogP contribution in [0.3, 0.4) is 0 Å². The van der Waals surface area contributed by atoms with Gasteiger partial charge in [0, 0.05) is 11.5 Å². The number of nitrogens with zero attached hydrogens (tertiary/aromatic N) is 2. The van der Waals surface area contributed by atoms with Crippen LogP contribution < -0.4 is 5.32 Å². The van der Waals surface area contributed by atoms with Gasteiger partial charge < -0.3 is 5.32 Å². The van der Waals surface area contributed by atoms with Gasteiger partial charge in [0.05, 0.1) is 10.6 Å². The summed E-state index contributed by atoms with van der Waals surface area (Å²) in [5.74, 6) is 0. The molecule has 114 valence electrons. The number of aromatic nitrogens is 2. The summed E-state index contributed by atoms with van der Waals surface area (Å²) in [5.41, 5.74) is 2.56. The first-order valence-corrected chi connectivity index (χ1v) is 8.39. The summed E-state index contributed by atoms with van der Waals surface area (Å²) in [5, 5.41) is 7.97. The molecule has 1 N–H and O–H groups in total. The highest BCUT2D eigenvalue weighted by Gasteiger charge is 2.26. The van der Waals surface area contributed by atoms with E-state index < -0.39 is 0 Å². The highest BCUT2D eigenvalue weighted by molar-refractivity contribution is 7.05. The largest absolute Gasteiger partial charge is 0.309 e. The molecule has 1 atom stereocenters. The van der Waals surface area contributed by atoms with Gasteiger partial charge in [-0.15, -0.1) is 5.10 Å². The van der Waals surface area contributed by atoms with E-state index in [2.05, 4.69) is 72.9 Å². The Morgan fingerprint density at radius 3 is 2.52 bits per heavy atom. The second kappa shape index (κ2) is 7.14. The number of hydrogen-bond donors (Lipinski definition) is 1. The van der Waals surface area contributed by atoms with Crippen LogP contribution in [0.4, 0.5) is 0 Å². The molecule has 1 unspecified atom stereocenters. The Bertz CT molecular complexity index is 543. The number of benzene rings is 1. The smallest absolute Gasteiger partial charge is 0.0857 e. The van der Waals surface area contributed by atoms with Gasteiger partial charge in [0.2, 0.25) is 0 Å². The van der Waals surface area contributed by atoms with Crippen LogP contribution in [-0.2, 0) is 11.8 Å². The molecular formula is C17H25N3S. The molecule has 0 fully saturated rings. The van der Waals surface area contributed by atoms with Crippen molar-refractivity contribution in [2.45, 2.75) is 52.0 Å². The fourth-order valence-corrected chi connectivity index (χ4v) is 3.45. The zero-order valence-electron chi connectivity index (χ0n) is 13.4. The van der Waals surface area contributed by atoms with Gasteiger partial charge in [0.1, 0.15) is 0 Å². The highest BCUT2D eigenvalue weighted by atomic mass is 32.1.